The maximum atomic E-state index is 11.5. The van der Waals surface area contributed by atoms with Crippen molar-refractivity contribution in [2.45, 2.75) is 34.4 Å². The Hall–Kier alpha value is -0.820. The highest BCUT2D eigenvalue weighted by molar-refractivity contribution is 7.99. The molecule has 2 unspecified atom stereocenters. The summed E-state index contributed by atoms with van der Waals surface area (Å²) < 4.78 is 23.0. The van der Waals surface area contributed by atoms with Gasteiger partial charge in [0.15, 0.2) is 9.84 Å². The average Bonchev–Trinajstić information content (AvgIpc) is 2.97. The van der Waals surface area contributed by atoms with E-state index in [1.54, 1.807) is 35.2 Å². The second-order valence-electron chi connectivity index (χ2n) is 4.87. The van der Waals surface area contributed by atoms with Crippen molar-refractivity contribution in [1.29, 1.82) is 0 Å². The van der Waals surface area contributed by atoms with Crippen molar-refractivity contribution in [2.24, 2.45) is 5.73 Å². The van der Waals surface area contributed by atoms with Crippen LogP contribution in [0.5, 0.6) is 0 Å². The molecule has 1 aromatic carbocycles. The highest BCUT2D eigenvalue weighted by Gasteiger charge is 2.21. The minimum absolute atomic E-state index is 0.0724. The van der Waals surface area contributed by atoms with Crippen molar-refractivity contribution >= 4 is 32.9 Å². The Morgan fingerprint density at radius 3 is 2.38 bits per heavy atom. The molecule has 0 radical (unpaired) electrons. The topological polar surface area (TPSA) is 60.2 Å². The standard InChI is InChI=1S/C15H19NO2S3/c1-3-13(16)15(14-5-4-10-19-14)20-11-6-8-12(9-7-11)21(2,17)18/h4-10,13,15H,3,16H2,1-2H3. The van der Waals surface area contributed by atoms with Crippen LogP contribution in [0.2, 0.25) is 0 Å². The lowest BCUT2D eigenvalue weighted by Gasteiger charge is -2.21. The van der Waals surface area contributed by atoms with Gasteiger partial charge in [0.25, 0.3) is 0 Å². The molecule has 0 aliphatic heterocycles. The second-order valence-corrected chi connectivity index (χ2v) is 9.08. The first-order chi connectivity index (χ1) is 9.91. The van der Waals surface area contributed by atoms with E-state index in [-0.39, 0.29) is 11.3 Å². The molecule has 0 amide bonds. The van der Waals surface area contributed by atoms with E-state index in [1.807, 2.05) is 18.2 Å². The molecule has 3 nitrogen and oxygen atoms in total. The van der Waals surface area contributed by atoms with Crippen LogP contribution in [0.25, 0.3) is 0 Å². The summed E-state index contributed by atoms with van der Waals surface area (Å²) in [5, 5.41) is 2.25. The van der Waals surface area contributed by atoms with Gasteiger partial charge in [0.2, 0.25) is 0 Å². The molecule has 1 aromatic heterocycles. The van der Waals surface area contributed by atoms with Crippen molar-refractivity contribution in [3.8, 4) is 0 Å². The van der Waals surface area contributed by atoms with Crippen molar-refractivity contribution < 1.29 is 8.42 Å². The highest BCUT2D eigenvalue weighted by atomic mass is 32.2. The van der Waals surface area contributed by atoms with Gasteiger partial charge in [-0.05, 0) is 42.1 Å². The van der Waals surface area contributed by atoms with E-state index >= 15 is 0 Å². The van der Waals surface area contributed by atoms with Crippen LogP contribution in [0, 0.1) is 0 Å². The minimum Gasteiger partial charge on any atom is -0.326 e. The Morgan fingerprint density at radius 2 is 1.90 bits per heavy atom. The van der Waals surface area contributed by atoms with Crippen LogP contribution < -0.4 is 5.73 Å². The zero-order valence-corrected chi connectivity index (χ0v) is 14.5. The molecule has 0 saturated carbocycles. The molecule has 21 heavy (non-hydrogen) atoms. The number of sulfone groups is 1. The fourth-order valence-corrected chi connectivity index (χ4v) is 4.81. The molecular formula is C15H19NO2S3. The van der Waals surface area contributed by atoms with Crippen molar-refractivity contribution in [3.05, 3.63) is 46.7 Å². The van der Waals surface area contributed by atoms with Crippen molar-refractivity contribution in [2.75, 3.05) is 6.26 Å². The van der Waals surface area contributed by atoms with Crippen molar-refractivity contribution in [1.82, 2.24) is 0 Å². The quantitative estimate of drug-likeness (QED) is 0.814. The number of hydrogen-bond donors (Lipinski definition) is 1. The van der Waals surface area contributed by atoms with Gasteiger partial charge in [-0.1, -0.05) is 13.0 Å². The van der Waals surface area contributed by atoms with E-state index in [0.717, 1.165) is 11.3 Å². The van der Waals surface area contributed by atoms with Gasteiger partial charge in [-0.2, -0.15) is 0 Å². The smallest absolute Gasteiger partial charge is 0.175 e. The molecule has 2 aromatic rings. The fourth-order valence-electron chi connectivity index (χ4n) is 1.94. The van der Waals surface area contributed by atoms with E-state index in [1.165, 1.54) is 11.1 Å². The summed E-state index contributed by atoms with van der Waals surface area (Å²) in [6.07, 6.45) is 2.12. The normalized spacial score (nSPS) is 14.8. The van der Waals surface area contributed by atoms with Gasteiger partial charge in [0, 0.05) is 22.1 Å². The van der Waals surface area contributed by atoms with Crippen molar-refractivity contribution in [3.63, 3.8) is 0 Å². The number of benzene rings is 1. The number of nitrogens with two attached hydrogens (primary N) is 1. The summed E-state index contributed by atoms with van der Waals surface area (Å²) in [4.78, 5) is 2.63. The van der Waals surface area contributed by atoms with Gasteiger partial charge in [-0.25, -0.2) is 8.42 Å². The predicted molar refractivity (Wildman–Crippen MR) is 90.7 cm³/mol. The molecule has 6 heteroatoms. The van der Waals surface area contributed by atoms with Crippen LogP contribution in [0.4, 0.5) is 0 Å². The molecular weight excluding hydrogens is 322 g/mol. The third-order valence-corrected chi connectivity index (χ3v) is 6.83. The Kier molecular flexibility index (Phi) is 5.48. The zero-order valence-electron chi connectivity index (χ0n) is 12.0. The number of thiophene rings is 1. The summed E-state index contributed by atoms with van der Waals surface area (Å²) in [5.41, 5.74) is 6.25. The molecule has 1 heterocycles. The average molecular weight is 342 g/mol. The molecule has 2 rings (SSSR count). The maximum Gasteiger partial charge on any atom is 0.175 e. The number of hydrogen-bond acceptors (Lipinski definition) is 5. The molecule has 0 bridgehead atoms. The third kappa shape index (κ3) is 4.32. The van der Waals surface area contributed by atoms with E-state index in [4.69, 9.17) is 5.73 Å². The molecule has 2 N–H and O–H groups in total. The van der Waals surface area contributed by atoms with Crippen LogP contribution in [-0.4, -0.2) is 20.7 Å². The minimum atomic E-state index is -3.14. The van der Waals surface area contributed by atoms with Crippen LogP contribution in [0.15, 0.2) is 51.6 Å². The van der Waals surface area contributed by atoms with Gasteiger partial charge in [-0.3, -0.25) is 0 Å². The molecule has 0 aliphatic carbocycles. The SMILES string of the molecule is CCC(N)C(Sc1ccc(S(C)(=O)=O)cc1)c1cccs1. The van der Waals surface area contributed by atoms with Gasteiger partial charge in [0.1, 0.15) is 0 Å². The van der Waals surface area contributed by atoms with E-state index < -0.39 is 9.84 Å². The largest absolute Gasteiger partial charge is 0.326 e. The van der Waals surface area contributed by atoms with E-state index in [9.17, 15) is 8.42 Å². The Bertz CT molecular complexity index is 663. The first kappa shape index (κ1) is 16.5. The van der Waals surface area contributed by atoms with Crippen LogP contribution in [-0.2, 0) is 9.84 Å². The lowest BCUT2D eigenvalue weighted by Crippen LogP contribution is -2.25. The highest BCUT2D eigenvalue weighted by Crippen LogP contribution is 2.40. The molecule has 0 saturated heterocycles. The zero-order chi connectivity index (χ0) is 15.5. The number of rotatable bonds is 6. The summed E-state index contributed by atoms with van der Waals surface area (Å²) in [5.74, 6) is 0. The fraction of sp³-hybridized carbons (Fsp3) is 0.333. The number of thioether (sulfide) groups is 1. The summed E-state index contributed by atoms with van der Waals surface area (Å²) in [6.45, 7) is 2.08. The summed E-state index contributed by atoms with van der Waals surface area (Å²) >= 11 is 3.39. The summed E-state index contributed by atoms with van der Waals surface area (Å²) in [7, 11) is -3.14. The first-order valence-corrected chi connectivity index (χ1v) is 10.3. The Morgan fingerprint density at radius 1 is 1.24 bits per heavy atom. The van der Waals surface area contributed by atoms with Crippen LogP contribution >= 0.6 is 23.1 Å². The van der Waals surface area contributed by atoms with Gasteiger partial charge in [0.05, 0.1) is 10.1 Å². The van der Waals surface area contributed by atoms with Gasteiger partial charge in [-0.15, -0.1) is 23.1 Å². The van der Waals surface area contributed by atoms with E-state index in [0.29, 0.717) is 4.90 Å². The van der Waals surface area contributed by atoms with E-state index in [2.05, 4.69) is 18.4 Å². The lowest BCUT2D eigenvalue weighted by atomic mass is 10.1. The van der Waals surface area contributed by atoms with Gasteiger partial charge >= 0.3 is 0 Å². The molecule has 0 aliphatic rings. The summed E-state index contributed by atoms with van der Waals surface area (Å²) in [6, 6.07) is 11.2. The molecule has 2 atom stereocenters. The molecule has 0 spiro atoms. The third-order valence-electron chi connectivity index (χ3n) is 3.20. The lowest BCUT2D eigenvalue weighted by molar-refractivity contribution is 0.602. The second kappa shape index (κ2) is 6.96. The first-order valence-electron chi connectivity index (χ1n) is 6.67. The molecule has 0 fully saturated rings. The molecule has 114 valence electrons. The van der Waals surface area contributed by atoms with Gasteiger partial charge < -0.3 is 5.73 Å². The maximum absolute atomic E-state index is 11.5. The predicted octanol–water partition coefficient (Wildman–Crippen LogP) is 3.72. The Labute approximate surface area is 134 Å². The van der Waals surface area contributed by atoms with Crippen LogP contribution in [0.3, 0.4) is 0 Å². The monoisotopic (exact) mass is 341 g/mol. The van der Waals surface area contributed by atoms with Crippen LogP contribution in [0.1, 0.15) is 23.5 Å². The Balaban J connectivity index is 2.21.